The summed E-state index contributed by atoms with van der Waals surface area (Å²) in [6.45, 7) is 6.46. The summed E-state index contributed by atoms with van der Waals surface area (Å²) in [7, 11) is 1.16. The highest BCUT2D eigenvalue weighted by molar-refractivity contribution is 5.65. The molecule has 176 valence electrons. The molecule has 1 N–H and O–H groups in total. The maximum Gasteiger partial charge on any atom is 0.203 e. The number of allylic oxidation sites excluding steroid dienone is 2. The number of ether oxygens (including phenoxy) is 2. The van der Waals surface area contributed by atoms with E-state index in [2.05, 4.69) is 17.9 Å². The zero-order valence-electron chi connectivity index (χ0n) is 18.3. The minimum atomic E-state index is -1.32. The maximum absolute atomic E-state index is 14.8. The topological polar surface area (TPSA) is 38.7 Å². The van der Waals surface area contributed by atoms with Crippen molar-refractivity contribution in [3.63, 3.8) is 0 Å². The van der Waals surface area contributed by atoms with Crippen LogP contribution in [-0.2, 0) is 16.1 Å². The van der Waals surface area contributed by atoms with E-state index in [1.165, 1.54) is 0 Å². The van der Waals surface area contributed by atoms with Crippen molar-refractivity contribution in [1.29, 1.82) is 0 Å². The van der Waals surface area contributed by atoms with Gasteiger partial charge in [0, 0.05) is 5.56 Å². The van der Waals surface area contributed by atoms with Gasteiger partial charge in [-0.05, 0) is 48.3 Å². The Morgan fingerprint density at radius 3 is 2.12 bits per heavy atom. The SMILES string of the molecule is C=C(OC)/C(F)=C(/F)C(=C)OCc1ccc(-c2ccc(C3CCC(O)CC3)c(F)c2F)cc1. The summed E-state index contributed by atoms with van der Waals surface area (Å²) in [6.07, 6.45) is 2.03. The van der Waals surface area contributed by atoms with Gasteiger partial charge in [0.2, 0.25) is 11.7 Å². The Balaban J connectivity index is 1.69. The molecule has 1 fully saturated rings. The molecule has 3 nitrogen and oxygen atoms in total. The van der Waals surface area contributed by atoms with E-state index in [1.54, 1.807) is 36.4 Å². The third-order valence-corrected chi connectivity index (χ3v) is 5.86. The normalized spacial score (nSPS) is 19.0. The molecule has 0 bridgehead atoms. The van der Waals surface area contributed by atoms with Crippen molar-refractivity contribution in [1.82, 2.24) is 0 Å². The average molecular weight is 462 g/mol. The van der Waals surface area contributed by atoms with Crippen LogP contribution in [0.1, 0.15) is 42.7 Å². The minimum absolute atomic E-state index is 0.107. The van der Waals surface area contributed by atoms with Crippen molar-refractivity contribution in [2.75, 3.05) is 7.11 Å². The summed E-state index contributed by atoms with van der Waals surface area (Å²) in [6, 6.07) is 9.57. The molecule has 2 aromatic rings. The number of rotatable bonds is 8. The van der Waals surface area contributed by atoms with Crippen molar-refractivity contribution in [3.05, 3.63) is 95.5 Å². The molecule has 1 aliphatic carbocycles. The Kier molecular flexibility index (Phi) is 7.97. The third-order valence-electron chi connectivity index (χ3n) is 5.86. The van der Waals surface area contributed by atoms with Crippen LogP contribution in [0, 0.1) is 11.6 Å². The van der Waals surface area contributed by atoms with Crippen LogP contribution in [-0.4, -0.2) is 18.3 Å². The van der Waals surface area contributed by atoms with Crippen molar-refractivity contribution in [2.45, 2.75) is 44.3 Å². The lowest BCUT2D eigenvalue weighted by atomic mass is 9.82. The maximum atomic E-state index is 14.8. The van der Waals surface area contributed by atoms with Gasteiger partial charge in [-0.25, -0.2) is 8.78 Å². The number of methoxy groups -OCH3 is 1. The van der Waals surface area contributed by atoms with Crippen LogP contribution in [0.3, 0.4) is 0 Å². The van der Waals surface area contributed by atoms with Gasteiger partial charge in [0.15, 0.2) is 23.2 Å². The third kappa shape index (κ3) is 5.66. The van der Waals surface area contributed by atoms with Gasteiger partial charge in [-0.3, -0.25) is 0 Å². The first-order valence-corrected chi connectivity index (χ1v) is 10.6. The fraction of sp³-hybridized carbons (Fsp3) is 0.308. The molecule has 0 aliphatic heterocycles. The minimum Gasteiger partial charge on any atom is -0.494 e. The molecule has 1 saturated carbocycles. The lowest BCUT2D eigenvalue weighted by molar-refractivity contribution is 0.122. The highest BCUT2D eigenvalue weighted by Crippen LogP contribution is 2.37. The Bertz CT molecular complexity index is 1050. The Labute approximate surface area is 190 Å². The molecule has 0 unspecified atom stereocenters. The molecule has 0 aromatic heterocycles. The number of aliphatic hydroxyl groups excluding tert-OH is 1. The van der Waals surface area contributed by atoms with Crippen LogP contribution in [0.4, 0.5) is 17.6 Å². The number of halogens is 4. The smallest absolute Gasteiger partial charge is 0.203 e. The van der Waals surface area contributed by atoms with Crippen LogP contribution < -0.4 is 0 Å². The Morgan fingerprint density at radius 2 is 1.52 bits per heavy atom. The van der Waals surface area contributed by atoms with E-state index in [0.29, 0.717) is 42.4 Å². The number of hydrogen-bond acceptors (Lipinski definition) is 3. The molecular formula is C26H26F4O3. The molecule has 1 aliphatic rings. The summed E-state index contributed by atoms with van der Waals surface area (Å²) in [5.74, 6) is -5.51. The van der Waals surface area contributed by atoms with Crippen molar-refractivity contribution in [2.24, 2.45) is 0 Å². The number of aliphatic hydroxyl groups is 1. The molecule has 7 heteroatoms. The van der Waals surface area contributed by atoms with E-state index in [9.17, 15) is 22.7 Å². The summed E-state index contributed by atoms with van der Waals surface area (Å²) in [4.78, 5) is 0. The summed E-state index contributed by atoms with van der Waals surface area (Å²) < 4.78 is 67.0. The zero-order valence-corrected chi connectivity index (χ0v) is 18.3. The second-order valence-electron chi connectivity index (χ2n) is 8.00. The van der Waals surface area contributed by atoms with E-state index in [4.69, 9.17) is 4.74 Å². The van der Waals surface area contributed by atoms with E-state index >= 15 is 0 Å². The fourth-order valence-corrected chi connectivity index (χ4v) is 3.84. The van der Waals surface area contributed by atoms with Crippen LogP contribution in [0.5, 0.6) is 0 Å². The first-order valence-electron chi connectivity index (χ1n) is 10.6. The standard InChI is InChI=1S/C26H26F4O3/c1-15(32-3)23(27)24(28)16(2)33-14-17-4-6-18(7-5-17)21-12-13-22(26(30)25(21)29)19-8-10-20(31)11-9-19/h4-7,12-13,19-20,31H,1-2,8-11,14H2,3H3/b24-23-. The Morgan fingerprint density at radius 1 is 0.909 bits per heavy atom. The summed E-state index contributed by atoms with van der Waals surface area (Å²) in [5.41, 5.74) is 1.52. The molecule has 0 saturated heterocycles. The van der Waals surface area contributed by atoms with E-state index in [0.717, 1.165) is 7.11 Å². The number of hydrogen-bond donors (Lipinski definition) is 1. The predicted octanol–water partition coefficient (Wildman–Crippen LogP) is 6.99. The molecular weight excluding hydrogens is 436 g/mol. The summed E-state index contributed by atoms with van der Waals surface area (Å²) in [5, 5.41) is 9.64. The van der Waals surface area contributed by atoms with Crippen LogP contribution in [0.25, 0.3) is 11.1 Å². The van der Waals surface area contributed by atoms with E-state index in [-0.39, 0.29) is 24.2 Å². The monoisotopic (exact) mass is 462 g/mol. The first-order chi connectivity index (χ1) is 15.7. The van der Waals surface area contributed by atoms with E-state index < -0.39 is 34.8 Å². The van der Waals surface area contributed by atoms with Gasteiger partial charge in [0.25, 0.3) is 0 Å². The molecule has 0 amide bonds. The van der Waals surface area contributed by atoms with Gasteiger partial charge in [0.05, 0.1) is 13.2 Å². The second kappa shape index (κ2) is 10.7. The van der Waals surface area contributed by atoms with Gasteiger partial charge in [-0.1, -0.05) is 49.6 Å². The quantitative estimate of drug-likeness (QED) is 0.261. The largest absolute Gasteiger partial charge is 0.494 e. The highest BCUT2D eigenvalue weighted by Gasteiger charge is 2.25. The van der Waals surface area contributed by atoms with Gasteiger partial charge in [-0.2, -0.15) is 8.78 Å². The lowest BCUT2D eigenvalue weighted by Gasteiger charge is -2.26. The Hall–Kier alpha value is -3.06. The molecule has 3 rings (SSSR count). The second-order valence-corrected chi connectivity index (χ2v) is 8.00. The van der Waals surface area contributed by atoms with E-state index in [1.807, 2.05) is 0 Å². The molecule has 0 radical (unpaired) electrons. The van der Waals surface area contributed by atoms with Crippen LogP contribution >= 0.6 is 0 Å². The first kappa shape index (κ1) is 24.6. The number of benzene rings is 2. The van der Waals surface area contributed by atoms with Gasteiger partial charge in [0.1, 0.15) is 6.61 Å². The predicted molar refractivity (Wildman–Crippen MR) is 118 cm³/mol. The highest BCUT2D eigenvalue weighted by atomic mass is 19.2. The van der Waals surface area contributed by atoms with Crippen molar-refractivity contribution >= 4 is 0 Å². The molecule has 0 heterocycles. The lowest BCUT2D eigenvalue weighted by Crippen LogP contribution is -2.18. The average Bonchev–Trinajstić information content (AvgIpc) is 2.83. The van der Waals surface area contributed by atoms with Gasteiger partial charge < -0.3 is 14.6 Å². The van der Waals surface area contributed by atoms with Crippen LogP contribution in [0.2, 0.25) is 0 Å². The molecule has 2 aromatic carbocycles. The summed E-state index contributed by atoms with van der Waals surface area (Å²) >= 11 is 0. The van der Waals surface area contributed by atoms with Crippen molar-refractivity contribution < 1.29 is 32.1 Å². The fourth-order valence-electron chi connectivity index (χ4n) is 3.84. The van der Waals surface area contributed by atoms with Crippen molar-refractivity contribution in [3.8, 4) is 11.1 Å². The zero-order chi connectivity index (χ0) is 24.1. The molecule has 0 spiro atoms. The molecule has 0 atom stereocenters. The molecule has 33 heavy (non-hydrogen) atoms. The van der Waals surface area contributed by atoms with Gasteiger partial charge >= 0.3 is 0 Å². The van der Waals surface area contributed by atoms with Gasteiger partial charge in [-0.15, -0.1) is 0 Å². The van der Waals surface area contributed by atoms with Crippen LogP contribution in [0.15, 0.2) is 72.7 Å².